The van der Waals surface area contributed by atoms with Crippen molar-refractivity contribution in [3.8, 4) is 0 Å². The van der Waals surface area contributed by atoms with Gasteiger partial charge in [-0.25, -0.2) is 0 Å². The Morgan fingerprint density at radius 3 is 2.50 bits per heavy atom. The minimum atomic E-state index is -0.0326. The largest absolute Gasteiger partial charge is 0.383 e. The van der Waals surface area contributed by atoms with Crippen molar-refractivity contribution in [2.45, 2.75) is 56.9 Å². The molecule has 1 unspecified atom stereocenters. The molecule has 1 atom stereocenters. The Balaban J connectivity index is 0.00000200. The van der Waals surface area contributed by atoms with Crippen LogP contribution in [0.5, 0.6) is 0 Å². The van der Waals surface area contributed by atoms with Gasteiger partial charge in [-0.05, 0) is 32.2 Å². The number of hydrogen-bond acceptors (Lipinski definition) is 3. The zero-order chi connectivity index (χ0) is 13.6. The fourth-order valence-electron chi connectivity index (χ4n) is 3.41. The zero-order valence-corrected chi connectivity index (χ0v) is 13.4. The number of nitrogens with one attached hydrogen (secondary N) is 2. The van der Waals surface area contributed by atoms with Gasteiger partial charge in [0, 0.05) is 19.6 Å². The van der Waals surface area contributed by atoms with Crippen LogP contribution >= 0.6 is 12.4 Å². The fraction of sp³-hybridized carbons (Fsp3) is 0.933. The Morgan fingerprint density at radius 1 is 1.25 bits per heavy atom. The molecule has 1 saturated carbocycles. The van der Waals surface area contributed by atoms with Gasteiger partial charge in [0.2, 0.25) is 5.91 Å². The topological polar surface area (TPSA) is 50.4 Å². The average molecular weight is 305 g/mol. The molecule has 2 rings (SSSR count). The molecule has 0 aromatic carbocycles. The lowest BCUT2D eigenvalue weighted by atomic mass is 9.96. The lowest BCUT2D eigenvalue weighted by Crippen LogP contribution is -2.53. The van der Waals surface area contributed by atoms with Gasteiger partial charge in [0.25, 0.3) is 0 Å². The predicted molar refractivity (Wildman–Crippen MR) is 83.3 cm³/mol. The molecular weight excluding hydrogens is 276 g/mol. The lowest BCUT2D eigenvalue weighted by molar-refractivity contribution is -0.125. The summed E-state index contributed by atoms with van der Waals surface area (Å²) in [4.78, 5) is 12.3. The van der Waals surface area contributed by atoms with Crippen LogP contribution in [0.4, 0.5) is 0 Å². The number of carbonyl (C=O) groups is 1. The quantitative estimate of drug-likeness (QED) is 0.766. The molecule has 1 aliphatic heterocycles. The third-order valence-corrected chi connectivity index (χ3v) is 4.58. The first kappa shape index (κ1) is 17.7. The van der Waals surface area contributed by atoms with E-state index in [2.05, 4.69) is 10.6 Å². The number of amides is 1. The molecule has 1 amide bonds. The van der Waals surface area contributed by atoms with Crippen molar-refractivity contribution in [2.75, 3.05) is 26.8 Å². The molecule has 2 aliphatic rings. The third-order valence-electron chi connectivity index (χ3n) is 4.58. The highest BCUT2D eigenvalue weighted by Crippen LogP contribution is 2.24. The van der Waals surface area contributed by atoms with Crippen LogP contribution in [0.15, 0.2) is 0 Å². The van der Waals surface area contributed by atoms with Crippen LogP contribution in [-0.4, -0.2) is 38.3 Å². The highest BCUT2D eigenvalue weighted by molar-refractivity contribution is 5.85. The standard InChI is InChI=1S/C15H28N2O2.ClH/c1-19-12-15(9-6-10-17-15)11-16-14(18)13-7-4-2-3-5-8-13;/h13,17H,2-12H2,1H3,(H,16,18);1H. The first-order chi connectivity index (χ1) is 9.26. The Bertz CT molecular complexity index is 286. The molecule has 4 nitrogen and oxygen atoms in total. The zero-order valence-electron chi connectivity index (χ0n) is 12.6. The third kappa shape index (κ3) is 4.90. The number of hydrogen-bond donors (Lipinski definition) is 2. The number of rotatable bonds is 5. The van der Waals surface area contributed by atoms with E-state index in [-0.39, 0.29) is 29.8 Å². The Morgan fingerprint density at radius 2 is 1.95 bits per heavy atom. The van der Waals surface area contributed by atoms with Crippen molar-refractivity contribution >= 4 is 18.3 Å². The van der Waals surface area contributed by atoms with Gasteiger partial charge in [0.15, 0.2) is 0 Å². The summed E-state index contributed by atoms with van der Waals surface area (Å²) in [7, 11) is 1.73. The van der Waals surface area contributed by atoms with Gasteiger partial charge in [0.05, 0.1) is 12.1 Å². The smallest absolute Gasteiger partial charge is 0.223 e. The molecule has 2 fully saturated rings. The van der Waals surface area contributed by atoms with E-state index < -0.39 is 0 Å². The van der Waals surface area contributed by atoms with Crippen molar-refractivity contribution in [3.05, 3.63) is 0 Å². The van der Waals surface area contributed by atoms with Gasteiger partial charge in [-0.1, -0.05) is 25.7 Å². The molecule has 0 radical (unpaired) electrons. The number of halogens is 1. The monoisotopic (exact) mass is 304 g/mol. The number of methoxy groups -OCH3 is 1. The van der Waals surface area contributed by atoms with E-state index in [0.29, 0.717) is 13.2 Å². The van der Waals surface area contributed by atoms with Crippen LogP contribution in [0.25, 0.3) is 0 Å². The molecular formula is C15H29ClN2O2. The second kappa shape index (κ2) is 8.85. The number of ether oxygens (including phenoxy) is 1. The van der Waals surface area contributed by atoms with E-state index in [1.807, 2.05) is 0 Å². The van der Waals surface area contributed by atoms with E-state index in [9.17, 15) is 4.79 Å². The summed E-state index contributed by atoms with van der Waals surface area (Å²) >= 11 is 0. The normalized spacial score (nSPS) is 27.6. The van der Waals surface area contributed by atoms with Crippen LogP contribution in [0.3, 0.4) is 0 Å². The van der Waals surface area contributed by atoms with Crippen LogP contribution in [0.1, 0.15) is 51.4 Å². The summed E-state index contributed by atoms with van der Waals surface area (Å²) < 4.78 is 5.31. The molecule has 0 aromatic rings. The van der Waals surface area contributed by atoms with E-state index in [1.165, 1.54) is 32.1 Å². The molecule has 1 aliphatic carbocycles. The molecule has 0 aromatic heterocycles. The molecule has 1 heterocycles. The van der Waals surface area contributed by atoms with E-state index in [1.54, 1.807) is 7.11 Å². The minimum Gasteiger partial charge on any atom is -0.383 e. The van der Waals surface area contributed by atoms with Gasteiger partial charge < -0.3 is 15.4 Å². The molecule has 20 heavy (non-hydrogen) atoms. The molecule has 1 saturated heterocycles. The van der Waals surface area contributed by atoms with Gasteiger partial charge >= 0.3 is 0 Å². The number of carbonyl (C=O) groups excluding carboxylic acids is 1. The fourth-order valence-corrected chi connectivity index (χ4v) is 3.41. The average Bonchev–Trinajstić information content (AvgIpc) is 2.71. The van der Waals surface area contributed by atoms with Crippen molar-refractivity contribution in [2.24, 2.45) is 5.92 Å². The van der Waals surface area contributed by atoms with Crippen LogP contribution in [-0.2, 0) is 9.53 Å². The van der Waals surface area contributed by atoms with Crippen LogP contribution < -0.4 is 10.6 Å². The SMILES string of the molecule is COCC1(CNC(=O)C2CCCCCC2)CCCN1.Cl. The van der Waals surface area contributed by atoms with Crippen molar-refractivity contribution in [1.29, 1.82) is 0 Å². The van der Waals surface area contributed by atoms with Gasteiger partial charge in [0.1, 0.15) is 0 Å². The van der Waals surface area contributed by atoms with E-state index in [4.69, 9.17) is 4.74 Å². The Kier molecular flexibility index (Phi) is 7.85. The second-order valence-corrected chi connectivity index (χ2v) is 6.15. The highest BCUT2D eigenvalue weighted by Gasteiger charge is 2.34. The van der Waals surface area contributed by atoms with E-state index >= 15 is 0 Å². The summed E-state index contributed by atoms with van der Waals surface area (Å²) in [5, 5.41) is 6.67. The Labute approximate surface area is 128 Å². The maximum Gasteiger partial charge on any atom is 0.223 e. The predicted octanol–water partition coefficient (Wildman–Crippen LogP) is 2.26. The Hall–Kier alpha value is -0.320. The summed E-state index contributed by atoms with van der Waals surface area (Å²) in [6, 6.07) is 0. The summed E-state index contributed by atoms with van der Waals surface area (Å²) in [6.07, 6.45) is 9.39. The highest BCUT2D eigenvalue weighted by atomic mass is 35.5. The summed E-state index contributed by atoms with van der Waals surface area (Å²) in [5.41, 5.74) is -0.0326. The minimum absolute atomic E-state index is 0. The van der Waals surface area contributed by atoms with Crippen LogP contribution in [0.2, 0.25) is 0 Å². The maximum atomic E-state index is 12.3. The molecule has 0 spiro atoms. The van der Waals surface area contributed by atoms with Gasteiger partial charge in [-0.3, -0.25) is 4.79 Å². The van der Waals surface area contributed by atoms with Crippen molar-refractivity contribution < 1.29 is 9.53 Å². The molecule has 2 N–H and O–H groups in total. The summed E-state index contributed by atoms with van der Waals surface area (Å²) in [6.45, 7) is 2.41. The second-order valence-electron chi connectivity index (χ2n) is 6.15. The van der Waals surface area contributed by atoms with Gasteiger partial charge in [-0.2, -0.15) is 0 Å². The van der Waals surface area contributed by atoms with Crippen molar-refractivity contribution in [1.82, 2.24) is 10.6 Å². The first-order valence-corrected chi connectivity index (χ1v) is 7.77. The van der Waals surface area contributed by atoms with E-state index in [0.717, 1.165) is 25.8 Å². The maximum absolute atomic E-state index is 12.3. The molecule has 118 valence electrons. The molecule has 5 heteroatoms. The van der Waals surface area contributed by atoms with Gasteiger partial charge in [-0.15, -0.1) is 12.4 Å². The first-order valence-electron chi connectivity index (χ1n) is 7.77. The van der Waals surface area contributed by atoms with Crippen molar-refractivity contribution in [3.63, 3.8) is 0 Å². The van der Waals surface area contributed by atoms with Crippen LogP contribution in [0, 0.1) is 5.92 Å². The molecule has 0 bridgehead atoms. The lowest BCUT2D eigenvalue weighted by Gasteiger charge is -2.29. The summed E-state index contributed by atoms with van der Waals surface area (Å²) in [5.74, 6) is 0.495.